The van der Waals surface area contributed by atoms with Gasteiger partial charge in [0.05, 0.1) is 11.6 Å². The summed E-state index contributed by atoms with van der Waals surface area (Å²) in [5, 5.41) is 4.46. The van der Waals surface area contributed by atoms with E-state index < -0.39 is 17.6 Å². The third kappa shape index (κ3) is 3.06. The van der Waals surface area contributed by atoms with Crippen LogP contribution in [0, 0.1) is 11.6 Å². The van der Waals surface area contributed by atoms with Crippen LogP contribution in [0.4, 0.5) is 14.5 Å². The highest BCUT2D eigenvalue weighted by Gasteiger charge is 2.36. The van der Waals surface area contributed by atoms with Gasteiger partial charge in [0.25, 0.3) is 0 Å². The topological polar surface area (TPSA) is 59.2 Å². The van der Waals surface area contributed by atoms with Crippen molar-refractivity contribution in [2.45, 2.75) is 12.3 Å². The second kappa shape index (κ2) is 6.49. The molecule has 4 rings (SSSR count). The van der Waals surface area contributed by atoms with Crippen LogP contribution in [0.5, 0.6) is 0 Å². The van der Waals surface area contributed by atoms with E-state index in [9.17, 15) is 13.6 Å². The van der Waals surface area contributed by atoms with Crippen molar-refractivity contribution >= 4 is 23.2 Å². The Kier molecular flexibility index (Phi) is 4.16. The molecule has 1 amide bonds. The Hall–Kier alpha value is -2.80. The largest absolute Gasteiger partial charge is 0.339 e. The Labute approximate surface area is 152 Å². The first-order valence-corrected chi connectivity index (χ1v) is 8.24. The average Bonchev–Trinajstić information content (AvgIpc) is 3.24. The van der Waals surface area contributed by atoms with Gasteiger partial charge < -0.3 is 9.42 Å². The van der Waals surface area contributed by atoms with Crippen LogP contribution in [0.15, 0.2) is 47.0 Å². The number of carbonyl (C=O) groups excluding carboxylic acids is 1. The van der Waals surface area contributed by atoms with E-state index in [0.29, 0.717) is 16.4 Å². The fourth-order valence-electron chi connectivity index (χ4n) is 2.94. The van der Waals surface area contributed by atoms with Crippen molar-refractivity contribution in [3.63, 3.8) is 0 Å². The standard InChI is InChI=1S/C18H12ClF2N3O2/c19-12-3-1-2-10(6-12)17-22-18(26-23-17)11-7-16(25)24(9-11)15-8-13(20)4-5-14(15)21/h1-6,8,11H,7,9H2. The molecule has 8 heteroatoms. The zero-order valence-corrected chi connectivity index (χ0v) is 14.1. The van der Waals surface area contributed by atoms with Crippen LogP contribution in [-0.2, 0) is 4.79 Å². The van der Waals surface area contributed by atoms with Gasteiger partial charge in [0.15, 0.2) is 0 Å². The lowest BCUT2D eigenvalue weighted by Crippen LogP contribution is -2.25. The van der Waals surface area contributed by atoms with Gasteiger partial charge in [0.2, 0.25) is 17.6 Å². The van der Waals surface area contributed by atoms with Gasteiger partial charge in [-0.25, -0.2) is 8.78 Å². The predicted octanol–water partition coefficient (Wildman–Crippen LogP) is 4.19. The van der Waals surface area contributed by atoms with Gasteiger partial charge in [0.1, 0.15) is 11.6 Å². The molecule has 3 aromatic rings. The van der Waals surface area contributed by atoms with Crippen LogP contribution < -0.4 is 4.90 Å². The van der Waals surface area contributed by atoms with Crippen LogP contribution in [0.1, 0.15) is 18.2 Å². The van der Waals surface area contributed by atoms with Gasteiger partial charge in [-0.3, -0.25) is 4.79 Å². The number of carbonyl (C=O) groups is 1. The fraction of sp³-hybridized carbons (Fsp3) is 0.167. The quantitative estimate of drug-likeness (QED) is 0.688. The maximum absolute atomic E-state index is 14.0. The van der Waals surface area contributed by atoms with Crippen LogP contribution in [-0.4, -0.2) is 22.6 Å². The number of amides is 1. The molecule has 5 nitrogen and oxygen atoms in total. The SMILES string of the molecule is O=C1CC(c2nc(-c3cccc(Cl)c3)no2)CN1c1cc(F)ccc1F. The highest BCUT2D eigenvalue weighted by atomic mass is 35.5. The minimum Gasteiger partial charge on any atom is -0.339 e. The molecule has 0 N–H and O–H groups in total. The van der Waals surface area contributed by atoms with Crippen molar-refractivity contribution < 1.29 is 18.1 Å². The molecule has 26 heavy (non-hydrogen) atoms. The molecule has 1 fully saturated rings. The molecule has 1 atom stereocenters. The van der Waals surface area contributed by atoms with E-state index in [-0.39, 0.29) is 30.5 Å². The summed E-state index contributed by atoms with van der Waals surface area (Å²) in [6, 6.07) is 9.98. The molecule has 0 aliphatic carbocycles. The second-order valence-corrected chi connectivity index (χ2v) is 6.40. The zero-order valence-electron chi connectivity index (χ0n) is 13.3. The molecule has 1 aliphatic heterocycles. The maximum Gasteiger partial charge on any atom is 0.232 e. The van der Waals surface area contributed by atoms with Crippen LogP contribution in [0.2, 0.25) is 5.02 Å². The van der Waals surface area contributed by atoms with E-state index in [1.54, 1.807) is 24.3 Å². The zero-order chi connectivity index (χ0) is 18.3. The second-order valence-electron chi connectivity index (χ2n) is 5.97. The molecule has 1 aromatic heterocycles. The van der Waals surface area contributed by atoms with Gasteiger partial charge in [-0.05, 0) is 24.3 Å². The summed E-state index contributed by atoms with van der Waals surface area (Å²) in [7, 11) is 0. The smallest absolute Gasteiger partial charge is 0.232 e. The van der Waals surface area contributed by atoms with Crippen molar-refractivity contribution in [2.24, 2.45) is 0 Å². The molecule has 2 aromatic carbocycles. The van der Waals surface area contributed by atoms with Crippen molar-refractivity contribution in [3.8, 4) is 11.4 Å². The minimum absolute atomic E-state index is 0.0765. The molecule has 1 aliphatic rings. The molecule has 0 spiro atoms. The summed E-state index contributed by atoms with van der Waals surface area (Å²) in [5.41, 5.74) is 0.594. The van der Waals surface area contributed by atoms with Crippen LogP contribution >= 0.6 is 11.6 Å². The molecule has 1 unspecified atom stereocenters. The van der Waals surface area contributed by atoms with E-state index in [4.69, 9.17) is 16.1 Å². The Morgan fingerprint density at radius 3 is 2.85 bits per heavy atom. The van der Waals surface area contributed by atoms with Crippen LogP contribution in [0.25, 0.3) is 11.4 Å². The first-order chi connectivity index (χ1) is 12.5. The highest BCUT2D eigenvalue weighted by Crippen LogP contribution is 2.33. The maximum atomic E-state index is 14.0. The van der Waals surface area contributed by atoms with Gasteiger partial charge in [-0.2, -0.15) is 4.98 Å². The monoisotopic (exact) mass is 375 g/mol. The number of aromatic nitrogens is 2. The molecule has 0 radical (unpaired) electrons. The number of benzene rings is 2. The van der Waals surface area contributed by atoms with Gasteiger partial charge in [0, 0.05) is 29.6 Å². The number of anilines is 1. The number of nitrogens with zero attached hydrogens (tertiary/aromatic N) is 3. The third-order valence-electron chi connectivity index (χ3n) is 4.20. The molecule has 1 saturated heterocycles. The summed E-state index contributed by atoms with van der Waals surface area (Å²) in [6.07, 6.45) is 0.0765. The van der Waals surface area contributed by atoms with E-state index in [0.717, 1.165) is 18.2 Å². The first kappa shape index (κ1) is 16.7. The molecular weight excluding hydrogens is 364 g/mol. The number of hydrogen-bond donors (Lipinski definition) is 0. The predicted molar refractivity (Wildman–Crippen MR) is 90.8 cm³/mol. The lowest BCUT2D eigenvalue weighted by molar-refractivity contribution is -0.117. The fourth-order valence-corrected chi connectivity index (χ4v) is 3.13. The molecule has 0 bridgehead atoms. The highest BCUT2D eigenvalue weighted by molar-refractivity contribution is 6.30. The van der Waals surface area contributed by atoms with E-state index >= 15 is 0 Å². The Bertz CT molecular complexity index is 992. The lowest BCUT2D eigenvalue weighted by Gasteiger charge is -2.16. The number of hydrogen-bond acceptors (Lipinski definition) is 4. The van der Waals surface area contributed by atoms with E-state index in [2.05, 4.69) is 10.1 Å². The van der Waals surface area contributed by atoms with Crippen molar-refractivity contribution in [1.82, 2.24) is 10.1 Å². The van der Waals surface area contributed by atoms with Crippen LogP contribution in [0.3, 0.4) is 0 Å². The van der Waals surface area contributed by atoms with Crippen molar-refractivity contribution in [2.75, 3.05) is 11.4 Å². The van der Waals surface area contributed by atoms with E-state index in [1.807, 2.05) is 0 Å². The summed E-state index contributed by atoms with van der Waals surface area (Å²) >= 11 is 5.96. The average molecular weight is 376 g/mol. The lowest BCUT2D eigenvalue weighted by atomic mass is 10.1. The minimum atomic E-state index is -0.662. The normalized spacial score (nSPS) is 17.1. The van der Waals surface area contributed by atoms with Gasteiger partial charge >= 0.3 is 0 Å². The first-order valence-electron chi connectivity index (χ1n) is 7.86. The van der Waals surface area contributed by atoms with Gasteiger partial charge in [-0.15, -0.1) is 0 Å². The Morgan fingerprint density at radius 2 is 2.04 bits per heavy atom. The summed E-state index contributed by atoms with van der Waals surface area (Å²) in [5.74, 6) is -1.38. The van der Waals surface area contributed by atoms with Gasteiger partial charge in [-0.1, -0.05) is 28.9 Å². The molecule has 2 heterocycles. The molecule has 0 saturated carbocycles. The van der Waals surface area contributed by atoms with Crippen molar-refractivity contribution in [3.05, 3.63) is 65.0 Å². The summed E-state index contributed by atoms with van der Waals surface area (Å²) < 4.78 is 32.7. The Balaban J connectivity index is 1.59. The van der Waals surface area contributed by atoms with Crippen molar-refractivity contribution in [1.29, 1.82) is 0 Å². The molecular formula is C18H12ClF2N3O2. The molecule has 132 valence electrons. The number of halogens is 3. The number of rotatable bonds is 3. The summed E-state index contributed by atoms with van der Waals surface area (Å²) in [6.45, 7) is 0.135. The third-order valence-corrected chi connectivity index (χ3v) is 4.43. The Morgan fingerprint density at radius 1 is 1.19 bits per heavy atom. The van der Waals surface area contributed by atoms with E-state index in [1.165, 1.54) is 4.90 Å². The summed E-state index contributed by atoms with van der Waals surface area (Å²) in [4.78, 5) is 17.8.